The van der Waals surface area contributed by atoms with Crippen LogP contribution in [0, 0.1) is 6.92 Å². The Morgan fingerprint density at radius 2 is 1.83 bits per heavy atom. The first-order valence-electron chi connectivity index (χ1n) is 7.09. The van der Waals surface area contributed by atoms with Crippen LogP contribution in [0.2, 0.25) is 5.02 Å². The maximum absolute atomic E-state index is 12.1. The first kappa shape index (κ1) is 17.0. The molecule has 0 unspecified atom stereocenters. The van der Waals surface area contributed by atoms with Crippen LogP contribution in [-0.2, 0) is 14.4 Å². The smallest absolute Gasteiger partial charge is 0.324 e. The van der Waals surface area contributed by atoms with E-state index < -0.39 is 30.3 Å². The van der Waals surface area contributed by atoms with Crippen LogP contribution in [0.3, 0.4) is 0 Å². The zero-order valence-corrected chi connectivity index (χ0v) is 13.5. The molecule has 7 nitrogen and oxygen atoms in total. The second-order valence-electron chi connectivity index (χ2n) is 5.09. The summed E-state index contributed by atoms with van der Waals surface area (Å²) >= 11 is 5.97. The number of hydrogen-bond donors (Lipinski definition) is 1. The number of halogens is 1. The molecule has 0 aliphatic carbocycles. The van der Waals surface area contributed by atoms with Crippen LogP contribution in [0.1, 0.15) is 18.9 Å². The molecule has 0 spiro atoms. The fraction of sp³-hybridized carbons (Fsp3) is 0.333. The van der Waals surface area contributed by atoms with E-state index in [4.69, 9.17) is 11.6 Å². The SMILES string of the molecule is CCCN1C(=O)C(=O)N(CC(=O)Nc2cccc(Cl)c2C)C1=O. The van der Waals surface area contributed by atoms with Gasteiger partial charge in [0, 0.05) is 17.3 Å². The standard InChI is InChI=1S/C15H16ClN3O4/c1-3-7-18-13(21)14(22)19(15(18)23)8-12(20)17-11-6-4-5-10(16)9(11)2/h4-6H,3,7-8H2,1-2H3,(H,17,20). The third kappa shape index (κ3) is 3.34. The summed E-state index contributed by atoms with van der Waals surface area (Å²) < 4.78 is 0. The lowest BCUT2D eigenvalue weighted by Gasteiger charge is -2.15. The highest BCUT2D eigenvalue weighted by Crippen LogP contribution is 2.23. The summed E-state index contributed by atoms with van der Waals surface area (Å²) in [5, 5.41) is 3.07. The molecule has 0 atom stereocenters. The van der Waals surface area contributed by atoms with E-state index in [9.17, 15) is 19.2 Å². The first-order chi connectivity index (χ1) is 10.9. The number of imide groups is 2. The number of benzene rings is 1. The van der Waals surface area contributed by atoms with Crippen molar-refractivity contribution in [3.05, 3.63) is 28.8 Å². The Balaban J connectivity index is 2.08. The van der Waals surface area contributed by atoms with Gasteiger partial charge in [0.15, 0.2) is 0 Å². The Morgan fingerprint density at radius 1 is 1.17 bits per heavy atom. The number of carbonyl (C=O) groups is 4. The number of hydrogen-bond acceptors (Lipinski definition) is 4. The van der Waals surface area contributed by atoms with Gasteiger partial charge < -0.3 is 5.32 Å². The molecule has 8 heteroatoms. The van der Waals surface area contributed by atoms with Crippen LogP contribution in [0.25, 0.3) is 0 Å². The molecule has 1 N–H and O–H groups in total. The highest BCUT2D eigenvalue weighted by Gasteiger charge is 2.44. The van der Waals surface area contributed by atoms with Crippen molar-refractivity contribution in [3.63, 3.8) is 0 Å². The van der Waals surface area contributed by atoms with Gasteiger partial charge in [-0.2, -0.15) is 0 Å². The van der Waals surface area contributed by atoms with Crippen LogP contribution >= 0.6 is 11.6 Å². The van der Waals surface area contributed by atoms with Crippen LogP contribution < -0.4 is 5.32 Å². The highest BCUT2D eigenvalue weighted by molar-refractivity contribution is 6.45. The Kier molecular flexibility index (Phi) is 5.00. The number of amides is 5. The average Bonchev–Trinajstić information content (AvgIpc) is 2.70. The molecule has 1 heterocycles. The molecule has 0 saturated carbocycles. The lowest BCUT2D eigenvalue weighted by molar-refractivity contribution is -0.143. The predicted molar refractivity (Wildman–Crippen MR) is 83.9 cm³/mol. The second kappa shape index (κ2) is 6.78. The molecule has 0 radical (unpaired) electrons. The van der Waals surface area contributed by atoms with E-state index in [1.54, 1.807) is 32.0 Å². The monoisotopic (exact) mass is 337 g/mol. The third-order valence-electron chi connectivity index (χ3n) is 3.43. The fourth-order valence-corrected chi connectivity index (χ4v) is 2.36. The summed E-state index contributed by atoms with van der Waals surface area (Å²) in [6.07, 6.45) is 0.534. The Hall–Kier alpha value is -2.41. The van der Waals surface area contributed by atoms with E-state index >= 15 is 0 Å². The second-order valence-corrected chi connectivity index (χ2v) is 5.50. The van der Waals surface area contributed by atoms with Gasteiger partial charge in [-0.05, 0) is 31.0 Å². The maximum atomic E-state index is 12.1. The normalized spacial score (nSPS) is 14.7. The van der Waals surface area contributed by atoms with Gasteiger partial charge in [-0.15, -0.1) is 0 Å². The molecular formula is C15H16ClN3O4. The van der Waals surface area contributed by atoms with E-state index in [0.29, 0.717) is 27.6 Å². The molecule has 23 heavy (non-hydrogen) atoms. The van der Waals surface area contributed by atoms with Gasteiger partial charge in [0.2, 0.25) is 5.91 Å². The molecule has 0 bridgehead atoms. The summed E-state index contributed by atoms with van der Waals surface area (Å²) in [4.78, 5) is 49.1. The Morgan fingerprint density at radius 3 is 2.48 bits per heavy atom. The topological polar surface area (TPSA) is 86.8 Å². The van der Waals surface area contributed by atoms with E-state index in [2.05, 4.69) is 5.32 Å². The fourth-order valence-electron chi connectivity index (χ4n) is 2.19. The Labute approximate surface area is 138 Å². The Bertz CT molecular complexity index is 689. The molecule has 5 amide bonds. The number of nitrogens with one attached hydrogen (secondary N) is 1. The summed E-state index contributed by atoms with van der Waals surface area (Å²) in [6, 6.07) is 4.24. The summed E-state index contributed by atoms with van der Waals surface area (Å²) in [5.74, 6) is -2.46. The van der Waals surface area contributed by atoms with Gasteiger partial charge in [0.1, 0.15) is 6.54 Å². The van der Waals surface area contributed by atoms with Crippen molar-refractivity contribution < 1.29 is 19.2 Å². The van der Waals surface area contributed by atoms with Gasteiger partial charge in [0.25, 0.3) is 0 Å². The lowest BCUT2D eigenvalue weighted by atomic mass is 10.2. The molecule has 1 aliphatic rings. The zero-order chi connectivity index (χ0) is 17.1. The van der Waals surface area contributed by atoms with Gasteiger partial charge in [0.05, 0.1) is 0 Å². The number of rotatable bonds is 5. The van der Waals surface area contributed by atoms with E-state index in [0.717, 1.165) is 4.90 Å². The number of urea groups is 1. The molecule has 1 fully saturated rings. The summed E-state index contributed by atoms with van der Waals surface area (Å²) in [5.41, 5.74) is 1.16. The molecular weight excluding hydrogens is 322 g/mol. The molecule has 2 rings (SSSR count). The third-order valence-corrected chi connectivity index (χ3v) is 3.84. The van der Waals surface area contributed by atoms with E-state index in [1.807, 2.05) is 0 Å². The maximum Gasteiger partial charge on any atom is 0.334 e. The quantitative estimate of drug-likeness (QED) is 0.655. The van der Waals surface area contributed by atoms with Crippen LogP contribution in [-0.4, -0.2) is 46.6 Å². The minimum absolute atomic E-state index is 0.148. The van der Waals surface area contributed by atoms with Crippen LogP contribution in [0.15, 0.2) is 18.2 Å². The first-order valence-corrected chi connectivity index (χ1v) is 7.47. The zero-order valence-electron chi connectivity index (χ0n) is 12.8. The van der Waals surface area contributed by atoms with Crippen LogP contribution in [0.4, 0.5) is 10.5 Å². The van der Waals surface area contributed by atoms with Crippen molar-refractivity contribution >= 4 is 41.0 Å². The minimum atomic E-state index is -0.985. The molecule has 1 aromatic rings. The van der Waals surface area contributed by atoms with Gasteiger partial charge in [-0.25, -0.2) is 9.69 Å². The van der Waals surface area contributed by atoms with E-state index in [-0.39, 0.29) is 6.54 Å². The molecule has 122 valence electrons. The van der Waals surface area contributed by atoms with Crippen molar-refractivity contribution in [2.75, 3.05) is 18.4 Å². The van der Waals surface area contributed by atoms with Crippen molar-refractivity contribution in [2.24, 2.45) is 0 Å². The molecule has 0 aromatic heterocycles. The molecule has 1 saturated heterocycles. The van der Waals surface area contributed by atoms with Crippen LogP contribution in [0.5, 0.6) is 0 Å². The summed E-state index contributed by atoms with van der Waals surface area (Å²) in [6.45, 7) is 3.14. The van der Waals surface area contributed by atoms with Gasteiger partial charge in [-0.1, -0.05) is 24.6 Å². The van der Waals surface area contributed by atoms with Gasteiger partial charge in [-0.3, -0.25) is 19.3 Å². The number of anilines is 1. The predicted octanol–water partition coefficient (Wildman–Crippen LogP) is 1.79. The minimum Gasteiger partial charge on any atom is -0.324 e. The molecule has 1 aromatic carbocycles. The summed E-state index contributed by atoms with van der Waals surface area (Å²) in [7, 11) is 0. The lowest BCUT2D eigenvalue weighted by Crippen LogP contribution is -2.39. The van der Waals surface area contributed by atoms with Crippen molar-refractivity contribution in [1.82, 2.24) is 9.80 Å². The van der Waals surface area contributed by atoms with Crippen molar-refractivity contribution in [2.45, 2.75) is 20.3 Å². The largest absolute Gasteiger partial charge is 0.334 e. The average molecular weight is 338 g/mol. The number of carbonyl (C=O) groups excluding carboxylic acids is 4. The highest BCUT2D eigenvalue weighted by atomic mass is 35.5. The van der Waals surface area contributed by atoms with Crippen molar-refractivity contribution in [3.8, 4) is 0 Å². The molecule has 1 aliphatic heterocycles. The van der Waals surface area contributed by atoms with Gasteiger partial charge >= 0.3 is 17.8 Å². The van der Waals surface area contributed by atoms with Crippen molar-refractivity contribution in [1.29, 1.82) is 0 Å². The number of nitrogens with zero attached hydrogens (tertiary/aromatic N) is 2. The van der Waals surface area contributed by atoms with E-state index in [1.165, 1.54) is 0 Å².